The molecule has 78 valence electrons. The zero-order valence-electron chi connectivity index (χ0n) is 9.32. The Kier molecular flexibility index (Phi) is 3.62. The molecule has 0 aliphatic rings. The standard InChI is InChI=1S/C13H15NO/c1-9(2)13(15)12(8-14)11-6-4-5-10(3)7-11/h4-7,9,12H,1-3H3/t12-/m0/s1. The Balaban J connectivity index is 3.04. The summed E-state index contributed by atoms with van der Waals surface area (Å²) < 4.78 is 0. The van der Waals surface area contributed by atoms with Crippen molar-refractivity contribution in [3.05, 3.63) is 35.4 Å². The van der Waals surface area contributed by atoms with Crippen molar-refractivity contribution in [2.75, 3.05) is 0 Å². The third-order valence-electron chi connectivity index (χ3n) is 2.36. The second kappa shape index (κ2) is 4.75. The average Bonchev–Trinajstić information content (AvgIpc) is 2.18. The zero-order chi connectivity index (χ0) is 11.4. The van der Waals surface area contributed by atoms with Gasteiger partial charge in [0.1, 0.15) is 5.92 Å². The minimum atomic E-state index is -0.620. The average molecular weight is 201 g/mol. The maximum absolute atomic E-state index is 11.8. The monoisotopic (exact) mass is 201 g/mol. The SMILES string of the molecule is Cc1cccc([C@H](C#N)C(=O)C(C)C)c1. The van der Waals surface area contributed by atoms with Gasteiger partial charge in [0.25, 0.3) is 0 Å². The molecule has 0 spiro atoms. The molecule has 0 heterocycles. The van der Waals surface area contributed by atoms with Crippen LogP contribution >= 0.6 is 0 Å². The fourth-order valence-corrected chi connectivity index (χ4v) is 1.49. The molecule has 1 aromatic carbocycles. The van der Waals surface area contributed by atoms with Crippen LogP contribution in [0, 0.1) is 24.2 Å². The summed E-state index contributed by atoms with van der Waals surface area (Å²) in [4.78, 5) is 11.8. The summed E-state index contributed by atoms with van der Waals surface area (Å²) in [5.41, 5.74) is 1.88. The van der Waals surface area contributed by atoms with Crippen LogP contribution in [0.4, 0.5) is 0 Å². The van der Waals surface area contributed by atoms with Crippen LogP contribution in [-0.2, 0) is 4.79 Å². The van der Waals surface area contributed by atoms with Gasteiger partial charge in [0, 0.05) is 5.92 Å². The minimum absolute atomic E-state index is 0.0110. The molecular weight excluding hydrogens is 186 g/mol. The van der Waals surface area contributed by atoms with E-state index in [0.29, 0.717) is 0 Å². The van der Waals surface area contributed by atoms with Crippen molar-refractivity contribution in [3.8, 4) is 6.07 Å². The summed E-state index contributed by atoms with van der Waals surface area (Å²) in [6, 6.07) is 9.64. The quantitative estimate of drug-likeness (QED) is 0.754. The second-order valence-electron chi connectivity index (χ2n) is 4.03. The highest BCUT2D eigenvalue weighted by Gasteiger charge is 2.22. The third-order valence-corrected chi connectivity index (χ3v) is 2.36. The van der Waals surface area contributed by atoms with E-state index in [1.807, 2.05) is 45.0 Å². The van der Waals surface area contributed by atoms with E-state index < -0.39 is 5.92 Å². The summed E-state index contributed by atoms with van der Waals surface area (Å²) in [6.45, 7) is 5.60. The molecule has 0 N–H and O–H groups in total. The number of Topliss-reactive ketones (excluding diaryl/α,β-unsaturated/α-hetero) is 1. The van der Waals surface area contributed by atoms with E-state index in [4.69, 9.17) is 5.26 Å². The molecule has 1 aromatic rings. The van der Waals surface area contributed by atoms with Crippen LogP contribution in [0.5, 0.6) is 0 Å². The van der Waals surface area contributed by atoms with Gasteiger partial charge in [-0.2, -0.15) is 5.26 Å². The molecule has 1 atom stereocenters. The minimum Gasteiger partial charge on any atom is -0.298 e. The number of nitrogens with zero attached hydrogens (tertiary/aromatic N) is 1. The normalized spacial score (nSPS) is 12.2. The van der Waals surface area contributed by atoms with E-state index in [9.17, 15) is 4.79 Å². The van der Waals surface area contributed by atoms with E-state index in [1.165, 1.54) is 0 Å². The Bertz CT molecular complexity index is 401. The fraction of sp³-hybridized carbons (Fsp3) is 0.385. The molecule has 1 rings (SSSR count). The van der Waals surface area contributed by atoms with Gasteiger partial charge in [-0.3, -0.25) is 4.79 Å². The van der Waals surface area contributed by atoms with E-state index in [1.54, 1.807) is 0 Å². The van der Waals surface area contributed by atoms with Gasteiger partial charge in [0.2, 0.25) is 0 Å². The first-order valence-electron chi connectivity index (χ1n) is 5.06. The first-order chi connectivity index (χ1) is 7.06. The summed E-state index contributed by atoms with van der Waals surface area (Å²) in [5.74, 6) is -0.733. The summed E-state index contributed by atoms with van der Waals surface area (Å²) in [6.07, 6.45) is 0. The molecule has 0 amide bonds. The molecule has 0 aliphatic carbocycles. The Morgan fingerprint density at radius 2 is 2.07 bits per heavy atom. The third kappa shape index (κ3) is 2.66. The van der Waals surface area contributed by atoms with Crippen molar-refractivity contribution in [1.29, 1.82) is 5.26 Å². The second-order valence-corrected chi connectivity index (χ2v) is 4.03. The molecule has 0 radical (unpaired) electrons. The van der Waals surface area contributed by atoms with Gasteiger partial charge in [-0.25, -0.2) is 0 Å². The first-order valence-corrected chi connectivity index (χ1v) is 5.06. The maximum atomic E-state index is 11.8. The number of carbonyl (C=O) groups is 1. The van der Waals surface area contributed by atoms with Crippen molar-refractivity contribution in [1.82, 2.24) is 0 Å². The van der Waals surface area contributed by atoms with E-state index >= 15 is 0 Å². The Labute approximate surface area is 90.5 Å². The lowest BCUT2D eigenvalue weighted by Crippen LogP contribution is -2.16. The highest BCUT2D eigenvalue weighted by atomic mass is 16.1. The molecule has 0 aromatic heterocycles. The van der Waals surface area contributed by atoms with E-state index in [0.717, 1.165) is 11.1 Å². The van der Waals surface area contributed by atoms with Gasteiger partial charge >= 0.3 is 0 Å². The van der Waals surface area contributed by atoms with Crippen LogP contribution in [0.25, 0.3) is 0 Å². The van der Waals surface area contributed by atoms with Crippen LogP contribution in [0.3, 0.4) is 0 Å². The summed E-state index contributed by atoms with van der Waals surface area (Å²) >= 11 is 0. The maximum Gasteiger partial charge on any atom is 0.156 e. The molecule has 0 bridgehead atoms. The van der Waals surface area contributed by atoms with E-state index in [-0.39, 0.29) is 11.7 Å². The van der Waals surface area contributed by atoms with Crippen molar-refractivity contribution in [2.24, 2.45) is 5.92 Å². The Morgan fingerprint density at radius 3 is 2.53 bits per heavy atom. The van der Waals surface area contributed by atoms with Gasteiger partial charge in [-0.1, -0.05) is 43.7 Å². The van der Waals surface area contributed by atoms with Crippen LogP contribution in [0.2, 0.25) is 0 Å². The molecule has 0 saturated heterocycles. The molecule has 2 nitrogen and oxygen atoms in total. The molecule has 2 heteroatoms. The van der Waals surface area contributed by atoms with E-state index in [2.05, 4.69) is 6.07 Å². The van der Waals surface area contributed by atoms with Gasteiger partial charge in [0.05, 0.1) is 6.07 Å². The number of benzene rings is 1. The number of carbonyl (C=O) groups excluding carboxylic acids is 1. The fourth-order valence-electron chi connectivity index (χ4n) is 1.49. The van der Waals surface area contributed by atoms with Gasteiger partial charge in [-0.05, 0) is 12.5 Å². The van der Waals surface area contributed by atoms with Gasteiger partial charge < -0.3 is 0 Å². The largest absolute Gasteiger partial charge is 0.298 e. The lowest BCUT2D eigenvalue weighted by atomic mass is 9.89. The van der Waals surface area contributed by atoms with Crippen LogP contribution in [0.1, 0.15) is 30.9 Å². The van der Waals surface area contributed by atoms with Crippen LogP contribution in [-0.4, -0.2) is 5.78 Å². The predicted molar refractivity (Wildman–Crippen MR) is 59.4 cm³/mol. The number of rotatable bonds is 3. The molecule has 0 unspecified atom stereocenters. The first kappa shape index (κ1) is 11.5. The van der Waals surface area contributed by atoms with Crippen molar-refractivity contribution < 1.29 is 4.79 Å². The summed E-state index contributed by atoms with van der Waals surface area (Å²) in [7, 11) is 0. The highest BCUT2D eigenvalue weighted by molar-refractivity contribution is 5.89. The number of aryl methyl sites for hydroxylation is 1. The molecular formula is C13H15NO. The summed E-state index contributed by atoms with van der Waals surface area (Å²) in [5, 5.41) is 9.02. The highest BCUT2D eigenvalue weighted by Crippen LogP contribution is 2.20. The number of ketones is 1. The van der Waals surface area contributed by atoms with Crippen molar-refractivity contribution >= 4 is 5.78 Å². The predicted octanol–water partition coefficient (Wildman–Crippen LogP) is 2.83. The van der Waals surface area contributed by atoms with Crippen molar-refractivity contribution in [2.45, 2.75) is 26.7 Å². The topological polar surface area (TPSA) is 40.9 Å². The number of nitriles is 1. The number of hydrogen-bond acceptors (Lipinski definition) is 2. The van der Waals surface area contributed by atoms with Gasteiger partial charge in [-0.15, -0.1) is 0 Å². The van der Waals surface area contributed by atoms with Crippen LogP contribution < -0.4 is 0 Å². The molecule has 15 heavy (non-hydrogen) atoms. The van der Waals surface area contributed by atoms with Gasteiger partial charge in [0.15, 0.2) is 5.78 Å². The Hall–Kier alpha value is -1.62. The molecule has 0 saturated carbocycles. The molecule has 0 fully saturated rings. The van der Waals surface area contributed by atoms with Crippen molar-refractivity contribution in [3.63, 3.8) is 0 Å². The number of hydrogen-bond donors (Lipinski definition) is 0. The zero-order valence-corrected chi connectivity index (χ0v) is 9.32. The molecule has 0 aliphatic heterocycles. The lowest BCUT2D eigenvalue weighted by molar-refractivity contribution is -0.122. The smallest absolute Gasteiger partial charge is 0.156 e. The van der Waals surface area contributed by atoms with Crippen LogP contribution in [0.15, 0.2) is 24.3 Å². The lowest BCUT2D eigenvalue weighted by Gasteiger charge is -2.11. The Morgan fingerprint density at radius 1 is 1.40 bits per heavy atom.